The lowest BCUT2D eigenvalue weighted by molar-refractivity contribution is 0.1000. The summed E-state index contributed by atoms with van der Waals surface area (Å²) in [4.78, 5) is 12.7. The Bertz CT molecular complexity index is 528. The minimum Gasteiger partial charge on any atom is -0.366 e. The highest BCUT2D eigenvalue weighted by Gasteiger charge is 2.11. The first-order valence-electron chi connectivity index (χ1n) is 3.68. The maximum atomic E-state index is 11.2. The average Bonchev–Trinajstić information content (AvgIpc) is 2.18. The number of hydrogen-bond acceptors (Lipinski definition) is 3. The van der Waals surface area contributed by atoms with Gasteiger partial charge in [0, 0.05) is 15.0 Å². The van der Waals surface area contributed by atoms with Crippen molar-refractivity contribution in [1.29, 1.82) is 0 Å². The summed E-state index contributed by atoms with van der Waals surface area (Å²) < 4.78 is 25.0. The maximum Gasteiger partial charge on any atom is 0.264 e. The number of carbonyl (C=O) groups is 1. The molecular formula is C7H6N4O3S. The van der Waals surface area contributed by atoms with Crippen LogP contribution in [-0.2, 0) is 10.0 Å². The lowest BCUT2D eigenvalue weighted by Gasteiger charge is -1.98. The molecule has 8 heteroatoms. The molecule has 1 rings (SSSR count). The monoisotopic (exact) mass is 226 g/mol. The number of nitrogens with two attached hydrogens (primary N) is 1. The van der Waals surface area contributed by atoms with Crippen molar-refractivity contribution in [2.45, 2.75) is 4.90 Å². The van der Waals surface area contributed by atoms with Crippen LogP contribution < -0.4 is 5.73 Å². The quantitative estimate of drug-likeness (QED) is 0.464. The van der Waals surface area contributed by atoms with E-state index in [2.05, 4.69) is 9.43 Å². The Kier molecular flexibility index (Phi) is 2.93. The number of hydrogen-bond donors (Lipinski definition) is 1. The van der Waals surface area contributed by atoms with Crippen LogP contribution in [0.25, 0.3) is 10.4 Å². The summed E-state index contributed by atoms with van der Waals surface area (Å²) >= 11 is 0. The van der Waals surface area contributed by atoms with Crippen molar-refractivity contribution in [3.63, 3.8) is 0 Å². The standard InChI is InChI=1S/C7H6N4O3S/c8-7(12)5-1-3-6(4-2-5)15(13,14)11-10-9/h1-4H,(H2,8,12). The normalized spacial score (nSPS) is 10.4. The average molecular weight is 226 g/mol. The van der Waals surface area contributed by atoms with E-state index in [1.165, 1.54) is 12.1 Å². The molecule has 0 atom stereocenters. The zero-order valence-electron chi connectivity index (χ0n) is 7.36. The van der Waals surface area contributed by atoms with Gasteiger partial charge < -0.3 is 5.73 Å². The number of carbonyl (C=O) groups excluding carboxylic acids is 1. The van der Waals surface area contributed by atoms with E-state index < -0.39 is 15.9 Å². The SMILES string of the molecule is [N-]=[N+]=NS(=O)(=O)c1ccc(C(N)=O)cc1. The molecule has 0 bridgehead atoms. The Balaban J connectivity index is 3.21. The van der Waals surface area contributed by atoms with Crippen molar-refractivity contribution in [2.24, 2.45) is 10.3 Å². The van der Waals surface area contributed by atoms with Gasteiger partial charge in [-0.3, -0.25) is 4.79 Å². The summed E-state index contributed by atoms with van der Waals surface area (Å²) in [5.74, 6) is -0.664. The van der Waals surface area contributed by atoms with Crippen LogP contribution in [0.5, 0.6) is 0 Å². The topological polar surface area (TPSA) is 126 Å². The zero-order valence-corrected chi connectivity index (χ0v) is 8.18. The molecule has 0 saturated carbocycles. The Morgan fingerprint density at radius 1 is 1.33 bits per heavy atom. The Morgan fingerprint density at radius 3 is 2.27 bits per heavy atom. The minimum atomic E-state index is -4.00. The predicted molar refractivity (Wildman–Crippen MR) is 51.3 cm³/mol. The molecule has 0 saturated heterocycles. The number of amides is 1. The van der Waals surface area contributed by atoms with Gasteiger partial charge in [-0.1, -0.05) is 0 Å². The van der Waals surface area contributed by atoms with E-state index in [9.17, 15) is 13.2 Å². The second-order valence-electron chi connectivity index (χ2n) is 2.53. The molecule has 1 amide bonds. The third-order valence-corrected chi connectivity index (χ3v) is 2.74. The van der Waals surface area contributed by atoms with Crippen molar-refractivity contribution in [3.05, 3.63) is 40.3 Å². The second kappa shape index (κ2) is 3.99. The molecule has 15 heavy (non-hydrogen) atoms. The van der Waals surface area contributed by atoms with Crippen LogP contribution in [0.3, 0.4) is 0 Å². The molecule has 1 aromatic carbocycles. The fourth-order valence-corrected chi connectivity index (χ4v) is 1.56. The van der Waals surface area contributed by atoms with Gasteiger partial charge in [-0.05, 0) is 29.8 Å². The fourth-order valence-electron chi connectivity index (χ4n) is 0.886. The molecule has 0 fully saturated rings. The number of nitrogens with zero attached hydrogens (tertiary/aromatic N) is 3. The number of rotatable bonds is 3. The highest BCUT2D eigenvalue weighted by atomic mass is 32.2. The van der Waals surface area contributed by atoms with Crippen LogP contribution >= 0.6 is 0 Å². The molecule has 7 nitrogen and oxygen atoms in total. The van der Waals surface area contributed by atoms with Crippen molar-refractivity contribution in [1.82, 2.24) is 0 Å². The smallest absolute Gasteiger partial charge is 0.264 e. The van der Waals surface area contributed by atoms with Crippen molar-refractivity contribution >= 4 is 15.9 Å². The van der Waals surface area contributed by atoms with E-state index in [1.807, 2.05) is 0 Å². The molecule has 0 spiro atoms. The van der Waals surface area contributed by atoms with Gasteiger partial charge in [-0.2, -0.15) is 0 Å². The zero-order chi connectivity index (χ0) is 11.5. The molecule has 0 aliphatic heterocycles. The molecule has 2 N–H and O–H groups in total. The van der Waals surface area contributed by atoms with Gasteiger partial charge in [-0.15, -0.1) is 0 Å². The second-order valence-corrected chi connectivity index (χ2v) is 4.12. The molecule has 1 aromatic rings. The number of sulfonamides is 1. The van der Waals surface area contributed by atoms with E-state index >= 15 is 0 Å². The third-order valence-electron chi connectivity index (χ3n) is 1.58. The molecular weight excluding hydrogens is 220 g/mol. The van der Waals surface area contributed by atoms with E-state index in [1.54, 1.807) is 0 Å². The van der Waals surface area contributed by atoms with Gasteiger partial charge in [0.25, 0.3) is 10.0 Å². The van der Waals surface area contributed by atoms with E-state index in [0.717, 1.165) is 12.1 Å². The van der Waals surface area contributed by atoms with Gasteiger partial charge in [0.15, 0.2) is 0 Å². The number of primary amides is 1. The van der Waals surface area contributed by atoms with Gasteiger partial charge in [0.05, 0.1) is 4.90 Å². The summed E-state index contributed by atoms with van der Waals surface area (Å²) in [6.07, 6.45) is 0. The van der Waals surface area contributed by atoms with Crippen LogP contribution in [0, 0.1) is 0 Å². The van der Waals surface area contributed by atoms with Crippen LogP contribution in [0.2, 0.25) is 0 Å². The van der Waals surface area contributed by atoms with Crippen molar-refractivity contribution < 1.29 is 13.2 Å². The van der Waals surface area contributed by atoms with Crippen LogP contribution in [-0.4, -0.2) is 14.3 Å². The molecule has 0 heterocycles. The van der Waals surface area contributed by atoms with Crippen LogP contribution in [0.1, 0.15) is 10.4 Å². The summed E-state index contributed by atoms with van der Waals surface area (Å²) in [5.41, 5.74) is 13.1. The van der Waals surface area contributed by atoms with Crippen LogP contribution in [0.4, 0.5) is 0 Å². The van der Waals surface area contributed by atoms with Gasteiger partial charge in [-0.25, -0.2) is 8.42 Å². The van der Waals surface area contributed by atoms with E-state index in [-0.39, 0.29) is 10.5 Å². The molecule has 0 unspecified atom stereocenters. The maximum absolute atomic E-state index is 11.2. The molecule has 0 aliphatic carbocycles. The number of azide groups is 1. The molecule has 0 aromatic heterocycles. The third kappa shape index (κ3) is 2.46. The summed E-state index contributed by atoms with van der Waals surface area (Å²) in [6.45, 7) is 0. The largest absolute Gasteiger partial charge is 0.366 e. The van der Waals surface area contributed by atoms with Gasteiger partial charge in [0.2, 0.25) is 5.91 Å². The van der Waals surface area contributed by atoms with Crippen LogP contribution in [0.15, 0.2) is 33.7 Å². The first-order valence-corrected chi connectivity index (χ1v) is 5.12. The highest BCUT2D eigenvalue weighted by molar-refractivity contribution is 7.90. The fraction of sp³-hybridized carbons (Fsp3) is 0. The summed E-state index contributed by atoms with van der Waals surface area (Å²) in [6, 6.07) is 4.76. The molecule has 0 radical (unpaired) electrons. The van der Waals surface area contributed by atoms with Crippen molar-refractivity contribution in [2.75, 3.05) is 0 Å². The van der Waals surface area contributed by atoms with E-state index in [4.69, 9.17) is 11.3 Å². The summed E-state index contributed by atoms with van der Waals surface area (Å²) in [7, 11) is -4.00. The van der Waals surface area contributed by atoms with Gasteiger partial charge >= 0.3 is 0 Å². The van der Waals surface area contributed by atoms with E-state index in [0.29, 0.717) is 0 Å². The predicted octanol–water partition coefficient (Wildman–Crippen LogP) is 0.785. The first-order chi connectivity index (χ1) is 6.97. The minimum absolute atomic E-state index is 0.176. The first kappa shape index (κ1) is 11.0. The lowest BCUT2D eigenvalue weighted by Crippen LogP contribution is -2.10. The Hall–Kier alpha value is -2.05. The molecule has 0 aliphatic rings. The Labute approximate surface area is 85.2 Å². The molecule has 78 valence electrons. The highest BCUT2D eigenvalue weighted by Crippen LogP contribution is 2.13. The van der Waals surface area contributed by atoms with Crippen molar-refractivity contribution in [3.8, 4) is 0 Å². The lowest BCUT2D eigenvalue weighted by atomic mass is 10.2. The summed E-state index contributed by atoms with van der Waals surface area (Å²) in [5, 5.41) is 0. The Morgan fingerprint density at radius 2 is 1.87 bits per heavy atom. The van der Waals surface area contributed by atoms with Gasteiger partial charge in [0.1, 0.15) is 0 Å². The number of benzene rings is 1.